The Bertz CT molecular complexity index is 389. The highest BCUT2D eigenvalue weighted by molar-refractivity contribution is 6.33. The third-order valence-electron chi connectivity index (χ3n) is 3.08. The second-order valence-electron chi connectivity index (χ2n) is 4.43. The van der Waals surface area contributed by atoms with Gasteiger partial charge in [-0.05, 0) is 44.0 Å². The van der Waals surface area contributed by atoms with Crippen LogP contribution in [-0.2, 0) is 4.79 Å². The van der Waals surface area contributed by atoms with Crippen LogP contribution in [0, 0.1) is 5.92 Å². The van der Waals surface area contributed by atoms with E-state index in [1.165, 1.54) is 0 Å². The summed E-state index contributed by atoms with van der Waals surface area (Å²) in [7, 11) is 0. The summed E-state index contributed by atoms with van der Waals surface area (Å²) < 4.78 is 0. The van der Waals surface area contributed by atoms with E-state index in [1.807, 2.05) is 18.2 Å². The summed E-state index contributed by atoms with van der Waals surface area (Å²) in [5, 5.41) is 6.75. The first-order valence-corrected chi connectivity index (χ1v) is 6.38. The molecule has 1 aliphatic rings. The highest BCUT2D eigenvalue weighted by Crippen LogP contribution is 2.22. The zero-order chi connectivity index (χ0) is 12.1. The van der Waals surface area contributed by atoms with E-state index in [9.17, 15) is 4.79 Å². The minimum absolute atomic E-state index is 0.0602. The van der Waals surface area contributed by atoms with Crippen molar-refractivity contribution in [1.29, 1.82) is 0 Å². The minimum atomic E-state index is 0.0602. The number of hydrogen-bond donors (Lipinski definition) is 2. The van der Waals surface area contributed by atoms with Crippen molar-refractivity contribution in [3.05, 3.63) is 29.3 Å². The van der Waals surface area contributed by atoms with Crippen molar-refractivity contribution in [2.45, 2.75) is 19.3 Å². The molecule has 1 heterocycles. The highest BCUT2D eigenvalue weighted by atomic mass is 35.5. The molecule has 0 spiro atoms. The smallest absolute Gasteiger partial charge is 0.224 e. The Morgan fingerprint density at radius 2 is 2.06 bits per heavy atom. The first-order chi connectivity index (χ1) is 8.25. The number of nitrogens with one attached hydrogen (secondary N) is 2. The normalized spacial score (nSPS) is 16.8. The Hall–Kier alpha value is -1.06. The van der Waals surface area contributed by atoms with Crippen LogP contribution >= 0.6 is 11.6 Å². The van der Waals surface area contributed by atoms with Crippen LogP contribution in [0.1, 0.15) is 19.3 Å². The lowest BCUT2D eigenvalue weighted by atomic mass is 9.94. The fourth-order valence-electron chi connectivity index (χ4n) is 2.11. The first kappa shape index (κ1) is 12.4. The van der Waals surface area contributed by atoms with Gasteiger partial charge in [-0.1, -0.05) is 23.7 Å². The van der Waals surface area contributed by atoms with Gasteiger partial charge in [0.25, 0.3) is 0 Å². The van der Waals surface area contributed by atoms with Gasteiger partial charge in [0.2, 0.25) is 5.91 Å². The average molecular weight is 253 g/mol. The van der Waals surface area contributed by atoms with E-state index in [1.54, 1.807) is 6.07 Å². The van der Waals surface area contributed by atoms with E-state index in [-0.39, 0.29) is 5.91 Å². The number of amides is 1. The number of benzene rings is 1. The number of carbonyl (C=O) groups excluding carboxylic acids is 1. The maximum absolute atomic E-state index is 11.8. The molecule has 2 rings (SSSR count). The van der Waals surface area contributed by atoms with Gasteiger partial charge in [0, 0.05) is 6.42 Å². The van der Waals surface area contributed by atoms with Crippen molar-refractivity contribution < 1.29 is 4.79 Å². The molecule has 1 aromatic carbocycles. The summed E-state index contributed by atoms with van der Waals surface area (Å²) >= 11 is 5.99. The molecule has 2 N–H and O–H groups in total. The van der Waals surface area contributed by atoms with E-state index in [2.05, 4.69) is 10.6 Å². The van der Waals surface area contributed by atoms with E-state index in [0.29, 0.717) is 23.0 Å². The molecule has 0 saturated carbocycles. The molecule has 1 amide bonds. The maximum Gasteiger partial charge on any atom is 0.224 e. The molecule has 1 aromatic rings. The fraction of sp³-hybridized carbons (Fsp3) is 0.462. The molecule has 0 radical (unpaired) electrons. The van der Waals surface area contributed by atoms with E-state index in [0.717, 1.165) is 25.9 Å². The zero-order valence-electron chi connectivity index (χ0n) is 9.71. The highest BCUT2D eigenvalue weighted by Gasteiger charge is 2.17. The van der Waals surface area contributed by atoms with Crippen LogP contribution in [0.25, 0.3) is 0 Å². The van der Waals surface area contributed by atoms with Crippen LogP contribution in [0.4, 0.5) is 5.69 Å². The van der Waals surface area contributed by atoms with E-state index in [4.69, 9.17) is 11.6 Å². The molecule has 1 fully saturated rings. The number of carbonyl (C=O) groups is 1. The Labute approximate surface area is 107 Å². The van der Waals surface area contributed by atoms with Gasteiger partial charge in [-0.3, -0.25) is 4.79 Å². The molecule has 3 nitrogen and oxygen atoms in total. The average Bonchev–Trinajstić information content (AvgIpc) is 2.33. The van der Waals surface area contributed by atoms with Gasteiger partial charge in [-0.2, -0.15) is 0 Å². The second kappa shape index (κ2) is 6.03. The molecule has 0 bridgehead atoms. The van der Waals surface area contributed by atoms with Crippen LogP contribution in [0.15, 0.2) is 24.3 Å². The van der Waals surface area contributed by atoms with E-state index < -0.39 is 0 Å². The Kier molecular flexibility index (Phi) is 4.40. The van der Waals surface area contributed by atoms with Crippen molar-refractivity contribution in [3.8, 4) is 0 Å². The third kappa shape index (κ3) is 3.72. The predicted octanol–water partition coefficient (Wildman–Crippen LogP) is 2.67. The van der Waals surface area contributed by atoms with Gasteiger partial charge in [-0.15, -0.1) is 0 Å². The van der Waals surface area contributed by atoms with Crippen molar-refractivity contribution in [2.24, 2.45) is 5.92 Å². The Morgan fingerprint density at radius 3 is 2.76 bits per heavy atom. The van der Waals surface area contributed by atoms with Gasteiger partial charge in [-0.25, -0.2) is 0 Å². The van der Waals surface area contributed by atoms with Crippen LogP contribution in [0.2, 0.25) is 5.02 Å². The molecule has 1 aliphatic heterocycles. The van der Waals surface area contributed by atoms with Crippen LogP contribution < -0.4 is 10.6 Å². The lowest BCUT2D eigenvalue weighted by Gasteiger charge is -2.22. The number of hydrogen-bond acceptors (Lipinski definition) is 2. The molecule has 92 valence electrons. The molecule has 1 saturated heterocycles. The summed E-state index contributed by atoms with van der Waals surface area (Å²) in [6.45, 7) is 2.04. The quantitative estimate of drug-likeness (QED) is 0.869. The SMILES string of the molecule is O=C(CC1CCNCC1)Nc1ccccc1Cl. The number of para-hydroxylation sites is 1. The molecule has 4 heteroatoms. The van der Waals surface area contributed by atoms with Gasteiger partial charge in [0.15, 0.2) is 0 Å². The van der Waals surface area contributed by atoms with Crippen LogP contribution in [0.5, 0.6) is 0 Å². The molecular formula is C13H17ClN2O. The molecule has 0 unspecified atom stereocenters. The first-order valence-electron chi connectivity index (χ1n) is 6.01. The third-order valence-corrected chi connectivity index (χ3v) is 3.41. The van der Waals surface area contributed by atoms with Gasteiger partial charge < -0.3 is 10.6 Å². The summed E-state index contributed by atoms with van der Waals surface area (Å²) in [6, 6.07) is 7.32. The standard InChI is InChI=1S/C13H17ClN2O/c14-11-3-1-2-4-12(11)16-13(17)9-10-5-7-15-8-6-10/h1-4,10,15H,5-9H2,(H,16,17). The maximum atomic E-state index is 11.8. The minimum Gasteiger partial charge on any atom is -0.325 e. The molecule has 0 aromatic heterocycles. The largest absolute Gasteiger partial charge is 0.325 e. The summed E-state index contributed by atoms with van der Waals surface area (Å²) in [4.78, 5) is 11.8. The molecule has 0 atom stereocenters. The second-order valence-corrected chi connectivity index (χ2v) is 4.83. The molecule has 17 heavy (non-hydrogen) atoms. The van der Waals surface area contributed by atoms with Gasteiger partial charge in [0.05, 0.1) is 10.7 Å². The predicted molar refractivity (Wildman–Crippen MR) is 70.3 cm³/mol. The number of piperidine rings is 1. The topological polar surface area (TPSA) is 41.1 Å². The van der Waals surface area contributed by atoms with Crippen LogP contribution in [-0.4, -0.2) is 19.0 Å². The Morgan fingerprint density at radius 1 is 1.35 bits per heavy atom. The van der Waals surface area contributed by atoms with Crippen molar-refractivity contribution in [1.82, 2.24) is 5.32 Å². The van der Waals surface area contributed by atoms with Crippen LogP contribution in [0.3, 0.4) is 0 Å². The summed E-state index contributed by atoms with van der Waals surface area (Å²) in [6.07, 6.45) is 2.75. The van der Waals surface area contributed by atoms with Crippen molar-refractivity contribution in [2.75, 3.05) is 18.4 Å². The number of halogens is 1. The van der Waals surface area contributed by atoms with Gasteiger partial charge in [0.1, 0.15) is 0 Å². The summed E-state index contributed by atoms with van der Waals surface area (Å²) in [5.74, 6) is 0.559. The fourth-order valence-corrected chi connectivity index (χ4v) is 2.29. The summed E-state index contributed by atoms with van der Waals surface area (Å²) in [5.41, 5.74) is 0.702. The number of rotatable bonds is 3. The Balaban J connectivity index is 1.86. The lowest BCUT2D eigenvalue weighted by Crippen LogP contribution is -2.30. The van der Waals surface area contributed by atoms with Crippen molar-refractivity contribution in [3.63, 3.8) is 0 Å². The monoisotopic (exact) mass is 252 g/mol. The van der Waals surface area contributed by atoms with E-state index >= 15 is 0 Å². The zero-order valence-corrected chi connectivity index (χ0v) is 10.5. The van der Waals surface area contributed by atoms with Crippen molar-refractivity contribution >= 4 is 23.2 Å². The number of anilines is 1. The molecule has 0 aliphatic carbocycles. The lowest BCUT2D eigenvalue weighted by molar-refractivity contribution is -0.117. The molecular weight excluding hydrogens is 236 g/mol. The van der Waals surface area contributed by atoms with Gasteiger partial charge >= 0.3 is 0 Å².